The van der Waals surface area contributed by atoms with E-state index in [0.717, 1.165) is 23.6 Å². The molecule has 0 aliphatic carbocycles. The maximum atomic E-state index is 14.7. The molecule has 3 aromatic carbocycles. The van der Waals surface area contributed by atoms with E-state index in [2.05, 4.69) is 0 Å². The third kappa shape index (κ3) is 3.93. The number of rotatable bonds is 4. The fraction of sp³-hybridized carbons (Fsp3) is 0.190. The van der Waals surface area contributed by atoms with Crippen LogP contribution < -0.4 is 4.74 Å². The Balaban J connectivity index is 1.97. The second kappa shape index (κ2) is 7.50. The van der Waals surface area contributed by atoms with Crippen LogP contribution in [0.1, 0.15) is 33.4 Å². The number of carbonyl (C=O) groups excluding carboxylic acids is 1. The lowest BCUT2D eigenvalue weighted by atomic mass is 10.0. The first kappa shape index (κ1) is 19.7. The number of halogens is 4. The zero-order valence-electron chi connectivity index (χ0n) is 15.0. The highest BCUT2D eigenvalue weighted by Crippen LogP contribution is 2.35. The van der Waals surface area contributed by atoms with Crippen LogP contribution in [0.25, 0.3) is 10.8 Å². The Kier molecular flexibility index (Phi) is 5.27. The molecule has 0 saturated carbocycles. The van der Waals surface area contributed by atoms with Crippen molar-refractivity contribution in [2.45, 2.75) is 19.5 Å². The van der Waals surface area contributed by atoms with Crippen LogP contribution in [-0.4, -0.2) is 13.1 Å². The van der Waals surface area contributed by atoms with E-state index in [1.54, 1.807) is 24.3 Å². The van der Waals surface area contributed by atoms with Crippen LogP contribution in [0.4, 0.5) is 17.6 Å². The molecule has 1 unspecified atom stereocenters. The highest BCUT2D eigenvalue weighted by molar-refractivity contribution is 5.98. The molecule has 0 fully saturated rings. The van der Waals surface area contributed by atoms with Crippen molar-refractivity contribution in [1.29, 1.82) is 0 Å². The lowest BCUT2D eigenvalue weighted by Gasteiger charge is -2.17. The van der Waals surface area contributed by atoms with Gasteiger partial charge in [-0.3, -0.25) is 0 Å². The van der Waals surface area contributed by atoms with Gasteiger partial charge in [-0.2, -0.15) is 17.6 Å². The predicted octanol–water partition coefficient (Wildman–Crippen LogP) is 6.00. The van der Waals surface area contributed by atoms with Crippen molar-refractivity contribution in [2.24, 2.45) is 0 Å². The minimum atomic E-state index is -4.52. The second-order valence-electron chi connectivity index (χ2n) is 6.19. The molecule has 0 aliphatic rings. The van der Waals surface area contributed by atoms with Gasteiger partial charge in [0.1, 0.15) is 11.3 Å². The van der Waals surface area contributed by atoms with Crippen molar-refractivity contribution >= 4 is 16.7 Å². The Morgan fingerprint density at radius 3 is 2.21 bits per heavy atom. The van der Waals surface area contributed by atoms with Gasteiger partial charge in [-0.1, -0.05) is 30.3 Å². The molecule has 0 spiro atoms. The smallest absolute Gasteiger partial charge is 0.416 e. The number of benzene rings is 3. The van der Waals surface area contributed by atoms with Gasteiger partial charge in [0.15, 0.2) is 0 Å². The molecule has 0 radical (unpaired) electrons. The molecular weight excluding hydrogens is 376 g/mol. The highest BCUT2D eigenvalue weighted by Gasteiger charge is 2.32. The molecule has 0 bridgehead atoms. The lowest BCUT2D eigenvalue weighted by molar-refractivity contribution is -0.138. The zero-order valence-corrected chi connectivity index (χ0v) is 15.0. The maximum Gasteiger partial charge on any atom is 0.416 e. The molecule has 7 heteroatoms. The summed E-state index contributed by atoms with van der Waals surface area (Å²) in [5, 5.41) is 1.44. The first-order chi connectivity index (χ1) is 13.2. The average molecular weight is 392 g/mol. The summed E-state index contributed by atoms with van der Waals surface area (Å²) in [5.74, 6) is -0.771. The van der Waals surface area contributed by atoms with Crippen LogP contribution in [0.3, 0.4) is 0 Å². The summed E-state index contributed by atoms with van der Waals surface area (Å²) in [6.45, 7) is 1.24. The van der Waals surface area contributed by atoms with E-state index in [1.807, 2.05) is 0 Å². The molecule has 3 aromatic rings. The molecule has 28 heavy (non-hydrogen) atoms. The quantitative estimate of drug-likeness (QED) is 0.403. The Morgan fingerprint density at radius 2 is 1.64 bits per heavy atom. The molecule has 0 N–H and O–H groups in total. The van der Waals surface area contributed by atoms with E-state index in [9.17, 15) is 22.4 Å². The van der Waals surface area contributed by atoms with Gasteiger partial charge in [0.05, 0.1) is 12.7 Å². The van der Waals surface area contributed by atoms with Crippen molar-refractivity contribution in [2.75, 3.05) is 7.11 Å². The number of carbonyl (C=O) groups is 1. The Morgan fingerprint density at radius 1 is 1.00 bits per heavy atom. The molecule has 0 aromatic heterocycles. The van der Waals surface area contributed by atoms with Crippen LogP contribution in [0, 0.1) is 6.92 Å². The van der Waals surface area contributed by atoms with E-state index >= 15 is 0 Å². The first-order valence-electron chi connectivity index (χ1n) is 8.30. The summed E-state index contributed by atoms with van der Waals surface area (Å²) in [6, 6.07) is 13.0. The number of methoxy groups -OCH3 is 1. The third-order valence-corrected chi connectivity index (χ3v) is 4.30. The number of fused-ring (bicyclic) bond motifs is 1. The van der Waals surface area contributed by atoms with Crippen molar-refractivity contribution < 1.29 is 31.8 Å². The van der Waals surface area contributed by atoms with Crippen molar-refractivity contribution in [3.05, 3.63) is 76.9 Å². The molecule has 3 rings (SSSR count). The van der Waals surface area contributed by atoms with Crippen molar-refractivity contribution in [3.8, 4) is 5.75 Å². The fourth-order valence-corrected chi connectivity index (χ4v) is 2.91. The van der Waals surface area contributed by atoms with E-state index in [4.69, 9.17) is 9.47 Å². The van der Waals surface area contributed by atoms with Gasteiger partial charge in [-0.05, 0) is 47.5 Å². The molecule has 0 aliphatic heterocycles. The molecule has 0 saturated heterocycles. The number of hydrogen-bond acceptors (Lipinski definition) is 3. The minimum Gasteiger partial charge on any atom is -0.465 e. The average Bonchev–Trinajstić information content (AvgIpc) is 2.65. The monoisotopic (exact) mass is 392 g/mol. The lowest BCUT2D eigenvalue weighted by Crippen LogP contribution is -2.11. The zero-order chi connectivity index (χ0) is 20.5. The van der Waals surface area contributed by atoms with Crippen LogP contribution >= 0.6 is 0 Å². The largest absolute Gasteiger partial charge is 0.465 e. The Bertz CT molecular complexity index is 1030. The SMILES string of the molecule is COC(=O)c1cc2ccccc2cc1OC(F)c1ccc(C(F)(F)F)c(C)c1. The van der Waals surface area contributed by atoms with Gasteiger partial charge >= 0.3 is 12.1 Å². The summed E-state index contributed by atoms with van der Waals surface area (Å²) >= 11 is 0. The van der Waals surface area contributed by atoms with Crippen molar-refractivity contribution in [1.82, 2.24) is 0 Å². The number of esters is 1. The molecule has 3 nitrogen and oxygen atoms in total. The van der Waals surface area contributed by atoms with Gasteiger partial charge in [0.2, 0.25) is 0 Å². The molecule has 0 amide bonds. The Hall–Kier alpha value is -3.09. The maximum absolute atomic E-state index is 14.7. The van der Waals surface area contributed by atoms with Crippen LogP contribution in [-0.2, 0) is 10.9 Å². The van der Waals surface area contributed by atoms with Crippen LogP contribution in [0.2, 0.25) is 0 Å². The number of alkyl halides is 4. The van der Waals surface area contributed by atoms with Crippen molar-refractivity contribution in [3.63, 3.8) is 0 Å². The highest BCUT2D eigenvalue weighted by atomic mass is 19.4. The summed E-state index contributed by atoms with van der Waals surface area (Å²) in [7, 11) is 1.19. The molecule has 1 atom stereocenters. The number of aryl methyl sites for hydroxylation is 1. The van der Waals surface area contributed by atoms with E-state index in [-0.39, 0.29) is 22.4 Å². The standard InChI is InChI=1S/C21H16F4O3/c1-12-9-15(7-8-17(12)21(23,24)25)19(22)28-18-11-14-6-4-3-5-13(14)10-16(18)20(26)27-2/h3-11,19H,1-2H3. The normalized spacial score (nSPS) is 12.6. The van der Waals surface area contributed by atoms with Gasteiger partial charge < -0.3 is 9.47 Å². The fourth-order valence-electron chi connectivity index (χ4n) is 2.91. The van der Waals surface area contributed by atoms with Gasteiger partial charge in [0, 0.05) is 5.56 Å². The van der Waals surface area contributed by atoms with E-state index in [0.29, 0.717) is 5.39 Å². The summed E-state index contributed by atoms with van der Waals surface area (Å²) in [5.41, 5.74) is -1.03. The molecular formula is C21H16F4O3. The van der Waals surface area contributed by atoms with E-state index < -0.39 is 24.1 Å². The van der Waals surface area contributed by atoms with Gasteiger partial charge in [-0.25, -0.2) is 4.79 Å². The van der Waals surface area contributed by atoms with Gasteiger partial charge in [0.25, 0.3) is 6.36 Å². The third-order valence-electron chi connectivity index (χ3n) is 4.30. The summed E-state index contributed by atoms with van der Waals surface area (Å²) in [6.07, 6.45) is -6.59. The number of hydrogen-bond donors (Lipinski definition) is 0. The predicted molar refractivity (Wildman–Crippen MR) is 95.9 cm³/mol. The van der Waals surface area contributed by atoms with E-state index in [1.165, 1.54) is 26.2 Å². The molecule has 146 valence electrons. The summed E-state index contributed by atoms with van der Waals surface area (Å²) < 4.78 is 63.4. The topological polar surface area (TPSA) is 35.5 Å². The second-order valence-corrected chi connectivity index (χ2v) is 6.19. The minimum absolute atomic E-state index is 0.0208. The van der Waals surface area contributed by atoms with Crippen LogP contribution in [0.5, 0.6) is 5.75 Å². The summed E-state index contributed by atoms with van der Waals surface area (Å²) in [4.78, 5) is 12.1. The molecule has 0 heterocycles. The Labute approximate surface area is 158 Å². The van der Waals surface area contributed by atoms with Gasteiger partial charge in [-0.15, -0.1) is 0 Å². The number of ether oxygens (including phenoxy) is 2. The first-order valence-corrected chi connectivity index (χ1v) is 8.30. The van der Waals surface area contributed by atoms with Crippen LogP contribution in [0.15, 0.2) is 54.6 Å².